The molecule has 120 valence electrons. The summed E-state index contributed by atoms with van der Waals surface area (Å²) < 4.78 is 5.24. The van der Waals surface area contributed by atoms with Gasteiger partial charge in [-0.2, -0.15) is 0 Å². The molecule has 2 saturated heterocycles. The number of nitrogens with one attached hydrogen (secondary N) is 2. The fourth-order valence-corrected chi connectivity index (χ4v) is 2.96. The van der Waals surface area contributed by atoms with Gasteiger partial charge in [-0.1, -0.05) is 0 Å². The van der Waals surface area contributed by atoms with Gasteiger partial charge < -0.3 is 20.3 Å². The molecule has 6 nitrogen and oxygen atoms in total. The molecule has 2 heterocycles. The predicted octanol–water partition coefficient (Wildman–Crippen LogP) is 1.25. The minimum atomic E-state index is -0.545. The molecule has 2 amide bonds. The lowest BCUT2D eigenvalue weighted by atomic mass is 9.98. The van der Waals surface area contributed by atoms with Crippen molar-refractivity contribution in [3.8, 4) is 0 Å². The molecule has 0 saturated carbocycles. The van der Waals surface area contributed by atoms with Crippen LogP contribution in [-0.4, -0.2) is 54.2 Å². The summed E-state index contributed by atoms with van der Waals surface area (Å²) >= 11 is 0. The molecule has 0 spiro atoms. The van der Waals surface area contributed by atoms with Crippen LogP contribution in [0.25, 0.3) is 0 Å². The highest BCUT2D eigenvalue weighted by Crippen LogP contribution is 2.20. The number of amides is 2. The lowest BCUT2D eigenvalue weighted by molar-refractivity contribution is -0.139. The molecule has 0 aromatic carbocycles. The molecule has 1 unspecified atom stereocenters. The zero-order chi connectivity index (χ0) is 15.5. The highest BCUT2D eigenvalue weighted by Gasteiger charge is 2.35. The van der Waals surface area contributed by atoms with E-state index in [1.807, 2.05) is 25.7 Å². The Bertz CT molecular complexity index is 386. The van der Waals surface area contributed by atoms with Crippen molar-refractivity contribution >= 4 is 12.0 Å². The summed E-state index contributed by atoms with van der Waals surface area (Å²) in [5.74, 6) is 0.0407. The van der Waals surface area contributed by atoms with Crippen LogP contribution in [0.4, 0.5) is 4.79 Å². The number of piperidine rings is 2. The van der Waals surface area contributed by atoms with E-state index in [1.165, 1.54) is 0 Å². The Balaban J connectivity index is 1.91. The molecule has 2 aliphatic rings. The number of rotatable bonds is 2. The molecule has 0 aromatic rings. The van der Waals surface area contributed by atoms with Crippen LogP contribution >= 0.6 is 0 Å². The van der Waals surface area contributed by atoms with E-state index in [0.717, 1.165) is 38.9 Å². The molecule has 2 rings (SSSR count). The van der Waals surface area contributed by atoms with Crippen molar-refractivity contribution < 1.29 is 14.3 Å². The van der Waals surface area contributed by atoms with Gasteiger partial charge in [0.05, 0.1) is 0 Å². The Morgan fingerprint density at radius 3 is 2.57 bits per heavy atom. The Morgan fingerprint density at radius 2 is 1.95 bits per heavy atom. The topological polar surface area (TPSA) is 70.7 Å². The number of likely N-dealkylation sites (tertiary alicyclic amines) is 1. The molecule has 0 aromatic heterocycles. The SMILES string of the molecule is CC(C)(C)OC(=O)NC1CCCN(C2CCNCC2)C1=O. The van der Waals surface area contributed by atoms with Crippen molar-refractivity contribution in [1.82, 2.24) is 15.5 Å². The van der Waals surface area contributed by atoms with E-state index in [0.29, 0.717) is 12.5 Å². The minimum absolute atomic E-state index is 0.0407. The normalized spacial score (nSPS) is 24.8. The molecule has 0 bridgehead atoms. The van der Waals surface area contributed by atoms with Crippen LogP contribution in [0, 0.1) is 0 Å². The van der Waals surface area contributed by atoms with Gasteiger partial charge in [-0.3, -0.25) is 4.79 Å². The summed E-state index contributed by atoms with van der Waals surface area (Å²) in [7, 11) is 0. The molecule has 2 aliphatic heterocycles. The zero-order valence-corrected chi connectivity index (χ0v) is 13.3. The fraction of sp³-hybridized carbons (Fsp3) is 0.867. The number of hydrogen-bond donors (Lipinski definition) is 2. The van der Waals surface area contributed by atoms with Gasteiger partial charge in [0.2, 0.25) is 5.91 Å². The van der Waals surface area contributed by atoms with Crippen LogP contribution in [0.3, 0.4) is 0 Å². The Kier molecular flexibility index (Phi) is 5.08. The molecular weight excluding hydrogens is 270 g/mol. The van der Waals surface area contributed by atoms with Crippen molar-refractivity contribution in [3.63, 3.8) is 0 Å². The summed E-state index contributed by atoms with van der Waals surface area (Å²) in [6.45, 7) is 8.16. The van der Waals surface area contributed by atoms with Gasteiger partial charge in [0, 0.05) is 12.6 Å². The van der Waals surface area contributed by atoms with Gasteiger partial charge in [0.15, 0.2) is 0 Å². The molecule has 1 atom stereocenters. The fourth-order valence-electron chi connectivity index (χ4n) is 2.96. The molecule has 6 heteroatoms. The van der Waals surface area contributed by atoms with Crippen LogP contribution in [0.15, 0.2) is 0 Å². The predicted molar refractivity (Wildman–Crippen MR) is 80.0 cm³/mol. The maximum absolute atomic E-state index is 12.6. The maximum Gasteiger partial charge on any atom is 0.408 e. The monoisotopic (exact) mass is 297 g/mol. The van der Waals surface area contributed by atoms with Crippen LogP contribution in [0.1, 0.15) is 46.5 Å². The Morgan fingerprint density at radius 1 is 1.29 bits per heavy atom. The van der Waals surface area contributed by atoms with Crippen molar-refractivity contribution in [2.24, 2.45) is 0 Å². The van der Waals surface area contributed by atoms with E-state index < -0.39 is 17.7 Å². The lowest BCUT2D eigenvalue weighted by Gasteiger charge is -2.40. The maximum atomic E-state index is 12.6. The third-order valence-electron chi connectivity index (χ3n) is 3.91. The van der Waals surface area contributed by atoms with Crippen LogP contribution in [0.2, 0.25) is 0 Å². The summed E-state index contributed by atoms with van der Waals surface area (Å²) in [6.07, 6.45) is 3.10. The van der Waals surface area contributed by atoms with Crippen molar-refractivity contribution in [2.45, 2.75) is 64.1 Å². The van der Waals surface area contributed by atoms with E-state index in [9.17, 15) is 9.59 Å². The van der Waals surface area contributed by atoms with Crippen LogP contribution < -0.4 is 10.6 Å². The first-order valence-electron chi connectivity index (χ1n) is 7.87. The average Bonchev–Trinajstić information content (AvgIpc) is 2.40. The van der Waals surface area contributed by atoms with Crippen molar-refractivity contribution in [2.75, 3.05) is 19.6 Å². The zero-order valence-electron chi connectivity index (χ0n) is 13.3. The highest BCUT2D eigenvalue weighted by molar-refractivity contribution is 5.86. The molecule has 0 aliphatic carbocycles. The number of nitrogens with zero attached hydrogens (tertiary/aromatic N) is 1. The van der Waals surface area contributed by atoms with Gasteiger partial charge in [-0.25, -0.2) is 4.79 Å². The molecular formula is C15H27N3O3. The molecule has 2 N–H and O–H groups in total. The molecule has 2 fully saturated rings. The number of alkyl carbamates (subject to hydrolysis) is 1. The number of carbonyl (C=O) groups is 2. The Labute approximate surface area is 126 Å². The third-order valence-corrected chi connectivity index (χ3v) is 3.91. The second kappa shape index (κ2) is 6.64. The first-order chi connectivity index (χ1) is 9.87. The molecule has 0 radical (unpaired) electrons. The van der Waals surface area contributed by atoms with Crippen LogP contribution in [0.5, 0.6) is 0 Å². The quantitative estimate of drug-likeness (QED) is 0.805. The van der Waals surface area contributed by atoms with Crippen molar-refractivity contribution in [3.05, 3.63) is 0 Å². The Hall–Kier alpha value is -1.30. The third kappa shape index (κ3) is 4.59. The standard InChI is InChI=1S/C15H27N3O3/c1-15(2,3)21-14(20)17-12-5-4-10-18(13(12)19)11-6-8-16-9-7-11/h11-12,16H,4-10H2,1-3H3,(H,17,20). The van der Waals surface area contributed by atoms with Gasteiger partial charge in [-0.15, -0.1) is 0 Å². The van der Waals surface area contributed by atoms with Gasteiger partial charge in [0.1, 0.15) is 11.6 Å². The van der Waals surface area contributed by atoms with Crippen LogP contribution in [-0.2, 0) is 9.53 Å². The van der Waals surface area contributed by atoms with E-state index in [1.54, 1.807) is 0 Å². The van der Waals surface area contributed by atoms with E-state index in [4.69, 9.17) is 4.74 Å². The van der Waals surface area contributed by atoms with Gasteiger partial charge >= 0.3 is 6.09 Å². The second-order valence-corrected chi connectivity index (χ2v) is 6.85. The lowest BCUT2D eigenvalue weighted by Crippen LogP contribution is -2.57. The second-order valence-electron chi connectivity index (χ2n) is 6.85. The smallest absolute Gasteiger partial charge is 0.408 e. The van der Waals surface area contributed by atoms with E-state index in [2.05, 4.69) is 10.6 Å². The number of hydrogen-bond acceptors (Lipinski definition) is 4. The minimum Gasteiger partial charge on any atom is -0.444 e. The summed E-state index contributed by atoms with van der Waals surface area (Å²) in [4.78, 5) is 26.4. The summed E-state index contributed by atoms with van der Waals surface area (Å²) in [6, 6.07) is -0.134. The van der Waals surface area contributed by atoms with Gasteiger partial charge in [-0.05, 0) is 59.5 Å². The van der Waals surface area contributed by atoms with E-state index in [-0.39, 0.29) is 5.91 Å². The van der Waals surface area contributed by atoms with E-state index >= 15 is 0 Å². The average molecular weight is 297 g/mol. The van der Waals surface area contributed by atoms with Crippen molar-refractivity contribution in [1.29, 1.82) is 0 Å². The largest absolute Gasteiger partial charge is 0.444 e. The number of ether oxygens (including phenoxy) is 1. The summed E-state index contributed by atoms with van der Waals surface area (Å²) in [5.41, 5.74) is -0.545. The number of carbonyl (C=O) groups excluding carboxylic acids is 2. The summed E-state index contributed by atoms with van der Waals surface area (Å²) in [5, 5.41) is 6.04. The molecule has 21 heavy (non-hydrogen) atoms. The van der Waals surface area contributed by atoms with Gasteiger partial charge in [0.25, 0.3) is 0 Å². The first-order valence-corrected chi connectivity index (χ1v) is 7.87. The highest BCUT2D eigenvalue weighted by atomic mass is 16.6. The first kappa shape index (κ1) is 16.1.